The van der Waals surface area contributed by atoms with Crippen LogP contribution in [-0.2, 0) is 11.3 Å². The monoisotopic (exact) mass is 396 g/mol. The predicted molar refractivity (Wildman–Crippen MR) is 120 cm³/mol. The number of carbonyl (C=O) groups is 1. The summed E-state index contributed by atoms with van der Waals surface area (Å²) >= 11 is 0. The second-order valence-corrected chi connectivity index (χ2v) is 7.61. The number of benzene rings is 2. The minimum absolute atomic E-state index is 0.147. The van der Waals surface area contributed by atoms with E-state index in [4.69, 9.17) is 0 Å². The molecule has 0 spiro atoms. The molecule has 30 heavy (non-hydrogen) atoms. The summed E-state index contributed by atoms with van der Waals surface area (Å²) < 4.78 is 1.94. The SMILES string of the molecule is O=C(Cn1ccc2cccnc21)N1CCN(c2ccccc2-c2ccccc2)CC1. The smallest absolute Gasteiger partial charge is 0.242 e. The fraction of sp³-hybridized carbons (Fsp3) is 0.200. The van der Waals surface area contributed by atoms with Crippen molar-refractivity contribution in [2.45, 2.75) is 6.54 Å². The van der Waals surface area contributed by atoms with Crippen LogP contribution in [0.25, 0.3) is 22.2 Å². The Kier molecular flexibility index (Phi) is 4.93. The number of hydrogen-bond acceptors (Lipinski definition) is 3. The van der Waals surface area contributed by atoms with E-state index in [1.54, 1.807) is 6.20 Å². The largest absolute Gasteiger partial charge is 0.367 e. The molecule has 1 aliphatic heterocycles. The van der Waals surface area contributed by atoms with Crippen LogP contribution in [0.3, 0.4) is 0 Å². The van der Waals surface area contributed by atoms with E-state index in [1.807, 2.05) is 39.9 Å². The Morgan fingerprint density at radius 2 is 1.60 bits per heavy atom. The van der Waals surface area contributed by atoms with E-state index in [2.05, 4.69) is 58.4 Å². The molecule has 1 aliphatic rings. The van der Waals surface area contributed by atoms with Crippen molar-refractivity contribution in [1.29, 1.82) is 0 Å². The number of rotatable bonds is 4. The molecule has 0 unspecified atom stereocenters. The third-order valence-electron chi connectivity index (χ3n) is 5.79. The second kappa shape index (κ2) is 8.03. The average Bonchev–Trinajstić information content (AvgIpc) is 3.22. The molecule has 4 aromatic rings. The summed E-state index contributed by atoms with van der Waals surface area (Å²) in [5, 5.41) is 1.06. The van der Waals surface area contributed by atoms with E-state index >= 15 is 0 Å². The first-order chi connectivity index (χ1) is 14.8. The van der Waals surface area contributed by atoms with Crippen molar-refractivity contribution < 1.29 is 4.79 Å². The number of para-hydroxylation sites is 1. The van der Waals surface area contributed by atoms with Crippen LogP contribution in [0, 0.1) is 0 Å². The molecule has 0 atom stereocenters. The topological polar surface area (TPSA) is 41.4 Å². The van der Waals surface area contributed by atoms with Gasteiger partial charge in [0.2, 0.25) is 5.91 Å². The highest BCUT2D eigenvalue weighted by Gasteiger charge is 2.23. The van der Waals surface area contributed by atoms with Gasteiger partial charge in [0.1, 0.15) is 12.2 Å². The van der Waals surface area contributed by atoms with Crippen molar-refractivity contribution in [2.24, 2.45) is 0 Å². The van der Waals surface area contributed by atoms with Crippen LogP contribution in [-0.4, -0.2) is 46.5 Å². The van der Waals surface area contributed by atoms with E-state index < -0.39 is 0 Å². The van der Waals surface area contributed by atoms with Crippen molar-refractivity contribution in [3.05, 3.63) is 85.2 Å². The van der Waals surface area contributed by atoms with Gasteiger partial charge in [-0.15, -0.1) is 0 Å². The Morgan fingerprint density at radius 1 is 0.833 bits per heavy atom. The zero-order chi connectivity index (χ0) is 20.3. The number of anilines is 1. The molecule has 150 valence electrons. The molecule has 0 radical (unpaired) electrons. The Morgan fingerprint density at radius 3 is 2.43 bits per heavy atom. The molecule has 0 bridgehead atoms. The van der Waals surface area contributed by atoms with Crippen molar-refractivity contribution in [1.82, 2.24) is 14.5 Å². The van der Waals surface area contributed by atoms with Crippen LogP contribution in [0.4, 0.5) is 5.69 Å². The minimum atomic E-state index is 0.147. The van der Waals surface area contributed by atoms with Crippen LogP contribution in [0.15, 0.2) is 85.2 Å². The molecule has 0 aliphatic carbocycles. The highest BCUT2D eigenvalue weighted by Crippen LogP contribution is 2.31. The van der Waals surface area contributed by atoms with Gasteiger partial charge in [-0.05, 0) is 29.8 Å². The normalized spacial score (nSPS) is 14.3. The number of fused-ring (bicyclic) bond motifs is 1. The number of carbonyl (C=O) groups excluding carboxylic acids is 1. The molecule has 5 rings (SSSR count). The van der Waals surface area contributed by atoms with Gasteiger partial charge in [0.15, 0.2) is 0 Å². The van der Waals surface area contributed by atoms with Crippen LogP contribution in [0.1, 0.15) is 0 Å². The molecule has 3 heterocycles. The molecule has 2 aromatic carbocycles. The van der Waals surface area contributed by atoms with Gasteiger partial charge < -0.3 is 14.4 Å². The van der Waals surface area contributed by atoms with E-state index in [9.17, 15) is 4.79 Å². The van der Waals surface area contributed by atoms with Crippen molar-refractivity contribution >= 4 is 22.6 Å². The van der Waals surface area contributed by atoms with Gasteiger partial charge in [-0.1, -0.05) is 48.5 Å². The molecular formula is C25H24N4O. The maximum absolute atomic E-state index is 12.9. The fourth-order valence-corrected chi connectivity index (χ4v) is 4.20. The lowest BCUT2D eigenvalue weighted by atomic mass is 10.0. The summed E-state index contributed by atoms with van der Waals surface area (Å²) in [7, 11) is 0. The quantitative estimate of drug-likeness (QED) is 0.523. The molecule has 0 saturated carbocycles. The number of nitrogens with zero attached hydrogens (tertiary/aromatic N) is 4. The molecule has 0 N–H and O–H groups in total. The lowest BCUT2D eigenvalue weighted by molar-refractivity contribution is -0.132. The predicted octanol–water partition coefficient (Wildman–Crippen LogP) is 4.05. The average molecular weight is 396 g/mol. The van der Waals surface area contributed by atoms with Gasteiger partial charge in [-0.2, -0.15) is 0 Å². The summed E-state index contributed by atoms with van der Waals surface area (Å²) in [6.07, 6.45) is 3.72. The number of amides is 1. The lowest BCUT2D eigenvalue weighted by Crippen LogP contribution is -2.49. The molecule has 1 saturated heterocycles. The Hall–Kier alpha value is -3.60. The standard InChI is InChI=1S/C25H24N4O/c30-24(19-29-14-12-21-9-6-13-26-25(21)29)28-17-15-27(16-18-28)23-11-5-4-10-22(23)20-7-2-1-3-8-20/h1-14H,15-19H2. The minimum Gasteiger partial charge on any atom is -0.367 e. The number of pyridine rings is 1. The first-order valence-electron chi connectivity index (χ1n) is 10.4. The first-order valence-corrected chi connectivity index (χ1v) is 10.4. The van der Waals surface area contributed by atoms with E-state index in [1.165, 1.54) is 16.8 Å². The van der Waals surface area contributed by atoms with Gasteiger partial charge in [0.25, 0.3) is 0 Å². The molecule has 5 nitrogen and oxygen atoms in total. The maximum atomic E-state index is 12.9. The zero-order valence-corrected chi connectivity index (χ0v) is 16.8. The zero-order valence-electron chi connectivity index (χ0n) is 16.8. The van der Waals surface area contributed by atoms with Crippen molar-refractivity contribution in [3.8, 4) is 11.1 Å². The van der Waals surface area contributed by atoms with Crippen LogP contribution < -0.4 is 4.90 Å². The Labute approximate surface area is 176 Å². The van der Waals surface area contributed by atoms with E-state index in [-0.39, 0.29) is 5.91 Å². The van der Waals surface area contributed by atoms with Crippen LogP contribution in [0.5, 0.6) is 0 Å². The Bertz CT molecular complexity index is 1160. The summed E-state index contributed by atoms with van der Waals surface area (Å²) in [5.41, 5.74) is 4.55. The van der Waals surface area contributed by atoms with Gasteiger partial charge >= 0.3 is 0 Å². The summed E-state index contributed by atoms with van der Waals surface area (Å²) in [6, 6.07) is 24.9. The van der Waals surface area contributed by atoms with Crippen molar-refractivity contribution in [2.75, 3.05) is 31.1 Å². The van der Waals surface area contributed by atoms with Crippen LogP contribution in [0.2, 0.25) is 0 Å². The van der Waals surface area contributed by atoms with Gasteiger partial charge in [0.05, 0.1) is 0 Å². The number of hydrogen-bond donors (Lipinski definition) is 0. The number of aromatic nitrogens is 2. The lowest BCUT2D eigenvalue weighted by Gasteiger charge is -2.37. The summed E-state index contributed by atoms with van der Waals surface area (Å²) in [6.45, 7) is 3.46. The van der Waals surface area contributed by atoms with E-state index in [0.717, 1.165) is 37.2 Å². The van der Waals surface area contributed by atoms with Gasteiger partial charge in [0, 0.05) is 55.2 Å². The molecule has 1 amide bonds. The molecule has 5 heteroatoms. The highest BCUT2D eigenvalue weighted by molar-refractivity contribution is 5.82. The molecule has 1 fully saturated rings. The van der Waals surface area contributed by atoms with Crippen LogP contribution >= 0.6 is 0 Å². The summed E-state index contributed by atoms with van der Waals surface area (Å²) in [4.78, 5) is 21.7. The Balaban J connectivity index is 1.27. The second-order valence-electron chi connectivity index (χ2n) is 7.61. The first kappa shape index (κ1) is 18.4. The third kappa shape index (κ3) is 3.54. The van der Waals surface area contributed by atoms with Gasteiger partial charge in [-0.3, -0.25) is 4.79 Å². The molecule has 2 aromatic heterocycles. The summed E-state index contributed by atoms with van der Waals surface area (Å²) in [5.74, 6) is 0.147. The fourth-order valence-electron chi connectivity index (χ4n) is 4.20. The van der Waals surface area contributed by atoms with Crippen molar-refractivity contribution in [3.63, 3.8) is 0 Å². The third-order valence-corrected chi connectivity index (χ3v) is 5.79. The van der Waals surface area contributed by atoms with Gasteiger partial charge in [-0.25, -0.2) is 4.98 Å². The number of piperazine rings is 1. The maximum Gasteiger partial charge on any atom is 0.242 e. The highest BCUT2D eigenvalue weighted by atomic mass is 16.2. The van der Waals surface area contributed by atoms with E-state index in [0.29, 0.717) is 6.54 Å². The molecular weight excluding hydrogens is 372 g/mol.